The van der Waals surface area contributed by atoms with E-state index in [1.807, 2.05) is 37.3 Å². The molecule has 0 aliphatic carbocycles. The van der Waals surface area contributed by atoms with Crippen molar-refractivity contribution in [2.45, 2.75) is 20.4 Å². The number of carbonyl (C=O) groups excluding carboxylic acids is 1. The second-order valence-electron chi connectivity index (χ2n) is 5.47. The number of anilines is 1. The molecule has 0 spiro atoms. The molecule has 0 amide bonds. The van der Waals surface area contributed by atoms with Gasteiger partial charge in [0.05, 0.1) is 12.5 Å². The number of hydrogen-bond donors (Lipinski definition) is 1. The van der Waals surface area contributed by atoms with Gasteiger partial charge in [-0.2, -0.15) is 0 Å². The Kier molecular flexibility index (Phi) is 3.26. The van der Waals surface area contributed by atoms with Crippen molar-refractivity contribution in [1.29, 1.82) is 0 Å². The summed E-state index contributed by atoms with van der Waals surface area (Å²) in [4.78, 5) is 12.6. The molecule has 0 saturated carbocycles. The van der Waals surface area contributed by atoms with E-state index in [4.69, 9.17) is 0 Å². The Balaban J connectivity index is 1.85. The van der Waals surface area contributed by atoms with Crippen LogP contribution in [0.15, 0.2) is 42.5 Å². The van der Waals surface area contributed by atoms with Gasteiger partial charge in [-0.3, -0.25) is 10.1 Å². The standard InChI is InChI=1S/C17H18N2O/c1-12-6-8-14(9-7-12)17(20)15-10-18-16-5-3-4-13(2)19(16)11-15/h3-9,15H,10-11H2,1-2H3/p+1. The van der Waals surface area contributed by atoms with Gasteiger partial charge >= 0.3 is 0 Å². The average Bonchev–Trinajstić information content (AvgIpc) is 2.47. The maximum atomic E-state index is 12.6. The maximum absolute atomic E-state index is 12.6. The van der Waals surface area contributed by atoms with Crippen molar-refractivity contribution in [2.24, 2.45) is 5.92 Å². The van der Waals surface area contributed by atoms with Crippen LogP contribution in [0, 0.1) is 19.8 Å². The zero-order valence-electron chi connectivity index (χ0n) is 11.9. The Morgan fingerprint density at radius 1 is 1.15 bits per heavy atom. The largest absolute Gasteiger partial charge is 0.294 e. The minimum absolute atomic E-state index is 0.00342. The number of fused-ring (bicyclic) bond motifs is 1. The van der Waals surface area contributed by atoms with Crippen LogP contribution in [0.1, 0.15) is 21.6 Å². The first-order valence-corrected chi connectivity index (χ1v) is 6.99. The summed E-state index contributed by atoms with van der Waals surface area (Å²) in [5.74, 6) is 1.31. The van der Waals surface area contributed by atoms with Gasteiger partial charge in [-0.25, -0.2) is 4.57 Å². The number of benzene rings is 1. The Morgan fingerprint density at radius 3 is 2.65 bits per heavy atom. The third kappa shape index (κ3) is 2.31. The van der Waals surface area contributed by atoms with Crippen LogP contribution in [0.5, 0.6) is 0 Å². The Morgan fingerprint density at radius 2 is 1.90 bits per heavy atom. The van der Waals surface area contributed by atoms with E-state index in [2.05, 4.69) is 28.9 Å². The summed E-state index contributed by atoms with van der Waals surface area (Å²) in [5.41, 5.74) is 3.16. The number of hydrogen-bond acceptors (Lipinski definition) is 2. The normalized spacial score (nSPS) is 17.2. The van der Waals surface area contributed by atoms with E-state index in [9.17, 15) is 4.79 Å². The van der Waals surface area contributed by atoms with Crippen molar-refractivity contribution in [2.75, 3.05) is 11.9 Å². The number of carbonyl (C=O) groups is 1. The minimum atomic E-state index is -0.00342. The molecule has 3 rings (SSSR count). The molecule has 0 fully saturated rings. The molecule has 0 saturated heterocycles. The Labute approximate surface area is 119 Å². The van der Waals surface area contributed by atoms with Crippen molar-refractivity contribution in [3.05, 3.63) is 59.3 Å². The highest BCUT2D eigenvalue weighted by Gasteiger charge is 2.30. The number of Topliss-reactive ketones (excluding diaryl/α,β-unsaturated/α-hetero) is 1. The van der Waals surface area contributed by atoms with Gasteiger partial charge in [0.25, 0.3) is 5.82 Å². The summed E-state index contributed by atoms with van der Waals surface area (Å²) in [6.45, 7) is 5.56. The minimum Gasteiger partial charge on any atom is -0.294 e. The Bertz CT molecular complexity index is 647. The zero-order chi connectivity index (χ0) is 14.1. The van der Waals surface area contributed by atoms with Crippen LogP contribution >= 0.6 is 0 Å². The first-order chi connectivity index (χ1) is 9.65. The van der Waals surface area contributed by atoms with Gasteiger partial charge in [0, 0.05) is 11.6 Å². The maximum Gasteiger partial charge on any atom is 0.274 e. The number of rotatable bonds is 2. The number of ketones is 1. The Hall–Kier alpha value is -2.16. The van der Waals surface area contributed by atoms with Crippen molar-refractivity contribution in [3.63, 3.8) is 0 Å². The highest BCUT2D eigenvalue weighted by molar-refractivity contribution is 5.98. The summed E-state index contributed by atoms with van der Waals surface area (Å²) < 4.78 is 2.18. The van der Waals surface area contributed by atoms with Crippen molar-refractivity contribution in [1.82, 2.24) is 0 Å². The lowest BCUT2D eigenvalue weighted by atomic mass is 9.95. The highest BCUT2D eigenvalue weighted by atomic mass is 16.1. The molecule has 2 heterocycles. The van der Waals surface area contributed by atoms with E-state index in [0.29, 0.717) is 6.54 Å². The molecule has 3 heteroatoms. The third-order valence-corrected chi connectivity index (χ3v) is 3.95. The van der Waals surface area contributed by atoms with Gasteiger partial charge in [0.1, 0.15) is 12.2 Å². The number of pyridine rings is 1. The number of nitrogens with zero attached hydrogens (tertiary/aromatic N) is 1. The molecule has 1 N–H and O–H groups in total. The number of nitrogens with one attached hydrogen (secondary N) is 1. The molecule has 0 radical (unpaired) electrons. The lowest BCUT2D eigenvalue weighted by Gasteiger charge is -2.21. The quantitative estimate of drug-likeness (QED) is 0.670. The second-order valence-corrected chi connectivity index (χ2v) is 5.47. The summed E-state index contributed by atoms with van der Waals surface area (Å²) in [6.07, 6.45) is 0. The van der Waals surface area contributed by atoms with E-state index in [1.165, 1.54) is 11.3 Å². The van der Waals surface area contributed by atoms with E-state index >= 15 is 0 Å². The molecule has 102 valence electrons. The van der Waals surface area contributed by atoms with Gasteiger partial charge < -0.3 is 0 Å². The van der Waals surface area contributed by atoms with Gasteiger partial charge in [-0.1, -0.05) is 35.9 Å². The van der Waals surface area contributed by atoms with E-state index < -0.39 is 0 Å². The van der Waals surface area contributed by atoms with Crippen LogP contribution < -0.4 is 9.88 Å². The molecular formula is C17H19N2O+. The van der Waals surface area contributed by atoms with Crippen molar-refractivity contribution >= 4 is 11.6 Å². The fourth-order valence-electron chi connectivity index (χ4n) is 2.69. The average molecular weight is 267 g/mol. The number of aromatic nitrogens is 1. The van der Waals surface area contributed by atoms with Crippen LogP contribution in [0.4, 0.5) is 5.82 Å². The lowest BCUT2D eigenvalue weighted by Crippen LogP contribution is -2.51. The van der Waals surface area contributed by atoms with E-state index in [0.717, 1.165) is 17.9 Å². The molecular weight excluding hydrogens is 248 g/mol. The van der Waals surface area contributed by atoms with Crippen molar-refractivity contribution in [3.8, 4) is 0 Å². The van der Waals surface area contributed by atoms with E-state index in [-0.39, 0.29) is 11.7 Å². The van der Waals surface area contributed by atoms with Gasteiger partial charge in [0.2, 0.25) is 0 Å². The van der Waals surface area contributed by atoms with Gasteiger partial charge in [-0.05, 0) is 19.9 Å². The highest BCUT2D eigenvalue weighted by Crippen LogP contribution is 2.16. The predicted molar refractivity (Wildman–Crippen MR) is 78.9 cm³/mol. The van der Waals surface area contributed by atoms with Crippen LogP contribution in [-0.4, -0.2) is 12.3 Å². The van der Waals surface area contributed by atoms with Crippen molar-refractivity contribution < 1.29 is 9.36 Å². The predicted octanol–water partition coefficient (Wildman–Crippen LogP) is 2.52. The van der Waals surface area contributed by atoms with Crippen LogP contribution in [0.2, 0.25) is 0 Å². The fraction of sp³-hybridized carbons (Fsp3) is 0.294. The topological polar surface area (TPSA) is 33.0 Å². The molecule has 1 aliphatic heterocycles. The molecule has 1 unspecified atom stereocenters. The van der Waals surface area contributed by atoms with Crippen LogP contribution in [0.25, 0.3) is 0 Å². The first kappa shape index (κ1) is 12.9. The van der Waals surface area contributed by atoms with Crippen LogP contribution in [0.3, 0.4) is 0 Å². The second kappa shape index (κ2) is 5.08. The molecule has 3 nitrogen and oxygen atoms in total. The summed E-state index contributed by atoms with van der Waals surface area (Å²) in [6, 6.07) is 14.0. The summed E-state index contributed by atoms with van der Waals surface area (Å²) >= 11 is 0. The smallest absolute Gasteiger partial charge is 0.274 e. The number of aryl methyl sites for hydroxylation is 2. The monoisotopic (exact) mass is 267 g/mol. The van der Waals surface area contributed by atoms with Crippen LogP contribution in [-0.2, 0) is 6.54 Å². The van der Waals surface area contributed by atoms with E-state index in [1.54, 1.807) is 0 Å². The molecule has 0 bridgehead atoms. The summed E-state index contributed by atoms with van der Waals surface area (Å²) in [5, 5.41) is 3.36. The first-order valence-electron chi connectivity index (χ1n) is 6.99. The van der Waals surface area contributed by atoms with Gasteiger partial charge in [0.15, 0.2) is 5.78 Å². The third-order valence-electron chi connectivity index (χ3n) is 3.95. The molecule has 1 aliphatic rings. The van der Waals surface area contributed by atoms with Gasteiger partial charge in [-0.15, -0.1) is 0 Å². The molecule has 1 aromatic carbocycles. The molecule has 20 heavy (non-hydrogen) atoms. The fourth-order valence-corrected chi connectivity index (χ4v) is 2.69. The molecule has 2 aromatic rings. The summed E-state index contributed by atoms with van der Waals surface area (Å²) in [7, 11) is 0. The molecule has 1 atom stereocenters. The molecule has 1 aromatic heterocycles. The SMILES string of the molecule is Cc1ccc(C(=O)C2CNc3cccc(C)[n+]3C2)cc1. The zero-order valence-corrected chi connectivity index (χ0v) is 11.9. The lowest BCUT2D eigenvalue weighted by molar-refractivity contribution is -0.696.